The Morgan fingerprint density at radius 1 is 1.17 bits per heavy atom. The average molecular weight is 403 g/mol. The van der Waals surface area contributed by atoms with E-state index in [1.54, 1.807) is 23.5 Å². The molecule has 0 saturated heterocycles. The van der Waals surface area contributed by atoms with E-state index in [4.69, 9.17) is 5.41 Å². The van der Waals surface area contributed by atoms with Crippen LogP contribution in [-0.2, 0) is 0 Å². The van der Waals surface area contributed by atoms with Gasteiger partial charge in [0, 0.05) is 20.5 Å². The zero-order valence-corrected chi connectivity index (χ0v) is 15.2. The first-order chi connectivity index (χ1) is 11.5. The van der Waals surface area contributed by atoms with E-state index < -0.39 is 0 Å². The van der Waals surface area contributed by atoms with Crippen molar-refractivity contribution >= 4 is 33.1 Å². The normalized spacial score (nSPS) is 10.6. The van der Waals surface area contributed by atoms with Crippen molar-refractivity contribution in [3.8, 4) is 27.3 Å². The Morgan fingerprint density at radius 3 is 2.46 bits per heavy atom. The van der Waals surface area contributed by atoms with Crippen molar-refractivity contribution in [3.05, 3.63) is 63.4 Å². The molecule has 0 spiro atoms. The van der Waals surface area contributed by atoms with Crippen molar-refractivity contribution in [2.45, 2.75) is 6.92 Å². The van der Waals surface area contributed by atoms with Crippen molar-refractivity contribution in [3.63, 3.8) is 0 Å². The molecule has 0 aliphatic rings. The highest BCUT2D eigenvalue weighted by Gasteiger charge is 2.19. The summed E-state index contributed by atoms with van der Waals surface area (Å²) in [6, 6.07) is 12.8. The fourth-order valence-electron chi connectivity index (χ4n) is 2.61. The number of benzene rings is 2. The van der Waals surface area contributed by atoms with Gasteiger partial charge in [-0.15, -0.1) is 11.3 Å². The lowest BCUT2D eigenvalue weighted by Gasteiger charge is -2.16. The molecule has 0 saturated carbocycles. The van der Waals surface area contributed by atoms with Crippen molar-refractivity contribution in [1.82, 2.24) is 5.48 Å². The van der Waals surface area contributed by atoms with Crippen molar-refractivity contribution in [2.75, 3.05) is 0 Å². The fraction of sp³-hybridized carbons (Fsp3) is 0.0556. The van der Waals surface area contributed by atoms with Crippen LogP contribution < -0.4 is 5.48 Å². The maximum atomic E-state index is 9.55. The van der Waals surface area contributed by atoms with Crippen LogP contribution in [0.25, 0.3) is 21.6 Å². The van der Waals surface area contributed by atoms with Crippen LogP contribution in [0.3, 0.4) is 0 Å². The molecule has 1 heterocycles. The Hall–Kier alpha value is -2.15. The first-order valence-corrected chi connectivity index (χ1v) is 8.85. The second kappa shape index (κ2) is 6.76. The zero-order valence-electron chi connectivity index (χ0n) is 12.8. The number of aromatic hydroxyl groups is 1. The predicted molar refractivity (Wildman–Crippen MR) is 101 cm³/mol. The van der Waals surface area contributed by atoms with Crippen LogP contribution in [0.15, 0.2) is 52.3 Å². The number of amidine groups is 1. The third-order valence-corrected chi connectivity index (χ3v) is 5.24. The maximum absolute atomic E-state index is 9.55. The molecule has 0 unspecified atom stereocenters. The minimum absolute atomic E-state index is 0.0703. The Kier molecular flexibility index (Phi) is 4.71. The molecule has 0 aliphatic heterocycles. The quantitative estimate of drug-likeness (QED) is 0.277. The fourth-order valence-corrected chi connectivity index (χ4v) is 4.06. The van der Waals surface area contributed by atoms with Crippen molar-refractivity contribution in [1.29, 1.82) is 5.41 Å². The van der Waals surface area contributed by atoms with Gasteiger partial charge in [-0.2, -0.15) is 0 Å². The van der Waals surface area contributed by atoms with Gasteiger partial charge in [0.05, 0.1) is 0 Å². The van der Waals surface area contributed by atoms with Crippen LogP contribution in [-0.4, -0.2) is 16.1 Å². The number of hydroxylamine groups is 1. The number of nitrogens with one attached hydrogen (secondary N) is 2. The third kappa shape index (κ3) is 3.08. The smallest absolute Gasteiger partial charge is 0.150 e. The van der Waals surface area contributed by atoms with Gasteiger partial charge in [-0.1, -0.05) is 28.1 Å². The summed E-state index contributed by atoms with van der Waals surface area (Å²) in [5, 5.41) is 28.9. The Labute approximate surface area is 152 Å². The van der Waals surface area contributed by atoms with E-state index in [2.05, 4.69) is 15.9 Å². The lowest BCUT2D eigenvalue weighted by atomic mass is 9.92. The van der Waals surface area contributed by atoms with E-state index >= 15 is 0 Å². The van der Waals surface area contributed by atoms with Gasteiger partial charge in [0.15, 0.2) is 0 Å². The van der Waals surface area contributed by atoms with Crippen LogP contribution in [0.2, 0.25) is 0 Å². The van der Waals surface area contributed by atoms with Crippen LogP contribution in [0.1, 0.15) is 11.1 Å². The molecule has 0 radical (unpaired) electrons. The molecule has 0 bridgehead atoms. The zero-order chi connectivity index (χ0) is 17.3. The minimum Gasteiger partial charge on any atom is -0.508 e. The highest BCUT2D eigenvalue weighted by atomic mass is 79.9. The summed E-state index contributed by atoms with van der Waals surface area (Å²) in [6.45, 7) is 2.02. The Bertz CT molecular complexity index is 904. The van der Waals surface area contributed by atoms with Gasteiger partial charge >= 0.3 is 0 Å². The van der Waals surface area contributed by atoms with Gasteiger partial charge in [0.2, 0.25) is 0 Å². The van der Waals surface area contributed by atoms with Gasteiger partial charge in [-0.3, -0.25) is 16.1 Å². The molecular formula is C18H15BrN2O2S. The number of thiophene rings is 1. The van der Waals surface area contributed by atoms with E-state index in [0.717, 1.165) is 31.6 Å². The van der Waals surface area contributed by atoms with Gasteiger partial charge < -0.3 is 5.11 Å². The highest BCUT2D eigenvalue weighted by molar-refractivity contribution is 9.10. The molecular weight excluding hydrogens is 388 g/mol. The molecule has 0 aliphatic carbocycles. The topological polar surface area (TPSA) is 76.3 Å². The van der Waals surface area contributed by atoms with Crippen LogP contribution in [0, 0.1) is 12.3 Å². The number of aryl methyl sites for hydroxylation is 1. The summed E-state index contributed by atoms with van der Waals surface area (Å²) in [5.74, 6) is 0.131. The standard InChI is InChI=1S/C18H15BrN2O2S/c1-10-6-7-24-17(10)16-14(11-2-4-13(22)5-3-11)8-12(19)9-15(16)18(20)21-23/h2-9,22-23H,1H3,(H2,20,21). The first kappa shape index (κ1) is 16.7. The van der Waals surface area contributed by atoms with Crippen LogP contribution >= 0.6 is 27.3 Å². The summed E-state index contributed by atoms with van der Waals surface area (Å²) < 4.78 is 0.804. The summed E-state index contributed by atoms with van der Waals surface area (Å²) in [6.07, 6.45) is 0. The van der Waals surface area contributed by atoms with Crippen molar-refractivity contribution in [2.24, 2.45) is 0 Å². The third-order valence-electron chi connectivity index (χ3n) is 3.75. The minimum atomic E-state index is -0.0703. The number of hydrogen-bond acceptors (Lipinski definition) is 4. The van der Waals surface area contributed by atoms with Gasteiger partial charge in [-0.05, 0) is 59.3 Å². The van der Waals surface area contributed by atoms with Gasteiger partial charge in [-0.25, -0.2) is 0 Å². The molecule has 24 heavy (non-hydrogen) atoms. The second-order valence-electron chi connectivity index (χ2n) is 5.34. The van der Waals surface area contributed by atoms with Gasteiger partial charge in [0.1, 0.15) is 11.6 Å². The molecule has 3 rings (SSSR count). The number of halogens is 1. The van der Waals surface area contributed by atoms with Crippen molar-refractivity contribution < 1.29 is 10.3 Å². The molecule has 1 aromatic heterocycles. The molecule has 0 atom stereocenters. The number of rotatable bonds is 3. The molecule has 0 amide bonds. The van der Waals surface area contributed by atoms with Crippen LogP contribution in [0.5, 0.6) is 5.75 Å². The SMILES string of the molecule is Cc1ccsc1-c1c(C(=N)NO)cc(Br)cc1-c1ccc(O)cc1. The lowest BCUT2D eigenvalue weighted by Crippen LogP contribution is -2.20. The molecule has 2 aromatic carbocycles. The van der Waals surface area contributed by atoms with E-state index in [-0.39, 0.29) is 11.6 Å². The number of phenolic OH excluding ortho intramolecular Hbond substituents is 1. The highest BCUT2D eigenvalue weighted by Crippen LogP contribution is 2.41. The summed E-state index contributed by atoms with van der Waals surface area (Å²) in [4.78, 5) is 1.04. The second-order valence-corrected chi connectivity index (χ2v) is 7.17. The molecule has 4 N–H and O–H groups in total. The first-order valence-electron chi connectivity index (χ1n) is 7.17. The summed E-state index contributed by atoms with van der Waals surface area (Å²) in [7, 11) is 0. The van der Waals surface area contributed by atoms with E-state index in [9.17, 15) is 10.3 Å². The lowest BCUT2D eigenvalue weighted by molar-refractivity contribution is 0.234. The average Bonchev–Trinajstić information content (AvgIpc) is 2.99. The van der Waals surface area contributed by atoms with Gasteiger partial charge in [0.25, 0.3) is 0 Å². The summed E-state index contributed by atoms with van der Waals surface area (Å²) in [5.41, 5.74) is 6.37. The molecule has 4 nitrogen and oxygen atoms in total. The summed E-state index contributed by atoms with van der Waals surface area (Å²) >= 11 is 5.08. The Morgan fingerprint density at radius 2 is 1.88 bits per heavy atom. The van der Waals surface area contributed by atoms with E-state index in [0.29, 0.717) is 5.56 Å². The maximum Gasteiger partial charge on any atom is 0.150 e. The number of hydrogen-bond donors (Lipinski definition) is 4. The molecule has 6 heteroatoms. The number of phenols is 1. The Balaban J connectivity index is 2.35. The predicted octanol–water partition coefficient (Wildman–Crippen LogP) is 5.16. The van der Waals surface area contributed by atoms with E-state index in [1.165, 1.54) is 0 Å². The van der Waals surface area contributed by atoms with Crippen LogP contribution in [0.4, 0.5) is 0 Å². The molecule has 3 aromatic rings. The van der Waals surface area contributed by atoms with E-state index in [1.807, 2.05) is 48.1 Å². The monoisotopic (exact) mass is 402 g/mol. The molecule has 0 fully saturated rings. The largest absolute Gasteiger partial charge is 0.508 e. The molecule has 122 valence electrons.